The summed E-state index contributed by atoms with van der Waals surface area (Å²) in [5, 5.41) is 10.3. The molecule has 0 saturated carbocycles. The van der Waals surface area contributed by atoms with Gasteiger partial charge in [0.1, 0.15) is 11.6 Å². The Morgan fingerprint density at radius 1 is 1.24 bits per heavy atom. The number of ether oxygens (including phenoxy) is 1. The van der Waals surface area contributed by atoms with Gasteiger partial charge in [0.05, 0.1) is 5.75 Å². The van der Waals surface area contributed by atoms with E-state index in [1.54, 1.807) is 45.0 Å². The van der Waals surface area contributed by atoms with Crippen LogP contribution in [0.3, 0.4) is 0 Å². The van der Waals surface area contributed by atoms with E-state index in [1.165, 1.54) is 0 Å². The molecule has 2 unspecified atom stereocenters. The third kappa shape index (κ3) is 6.71. The lowest BCUT2D eigenvalue weighted by Gasteiger charge is -2.24. The number of carbonyl (C=O) groups is 1. The van der Waals surface area contributed by atoms with Crippen LogP contribution in [0, 0.1) is 5.92 Å². The van der Waals surface area contributed by atoms with Crippen molar-refractivity contribution in [3.8, 4) is 0 Å². The number of halogens is 1. The molecule has 0 aliphatic carbocycles. The summed E-state index contributed by atoms with van der Waals surface area (Å²) in [7, 11) is -3.86. The van der Waals surface area contributed by atoms with Gasteiger partial charge in [0.15, 0.2) is 0 Å². The first kappa shape index (κ1) is 23.2. The number of rotatable bonds is 7. The van der Waals surface area contributed by atoms with E-state index in [9.17, 15) is 13.2 Å². The van der Waals surface area contributed by atoms with E-state index >= 15 is 0 Å². The van der Waals surface area contributed by atoms with Crippen LogP contribution in [0.1, 0.15) is 58.5 Å². The van der Waals surface area contributed by atoms with Crippen LogP contribution < -0.4 is 5.32 Å². The van der Waals surface area contributed by atoms with E-state index in [0.717, 1.165) is 0 Å². The zero-order valence-electron chi connectivity index (χ0n) is 17.1. The molecule has 0 spiro atoms. The van der Waals surface area contributed by atoms with Crippen molar-refractivity contribution in [3.05, 3.63) is 40.7 Å². The zero-order chi connectivity index (χ0) is 21.8. The first-order valence-electron chi connectivity index (χ1n) is 9.21. The van der Waals surface area contributed by atoms with Crippen molar-refractivity contribution in [1.82, 2.24) is 15.5 Å². The van der Waals surface area contributed by atoms with Crippen molar-refractivity contribution >= 4 is 27.5 Å². The number of benzene rings is 1. The predicted molar refractivity (Wildman–Crippen MR) is 108 cm³/mol. The number of alkyl carbamates (subject to hydrolysis) is 1. The second-order valence-corrected chi connectivity index (χ2v) is 10.1. The van der Waals surface area contributed by atoms with Gasteiger partial charge >= 0.3 is 11.3 Å². The highest BCUT2D eigenvalue weighted by atomic mass is 35.5. The van der Waals surface area contributed by atoms with Crippen LogP contribution in [0.25, 0.3) is 0 Å². The van der Waals surface area contributed by atoms with Crippen LogP contribution in [-0.4, -0.2) is 30.3 Å². The third-order valence-corrected chi connectivity index (χ3v) is 5.77. The molecule has 29 heavy (non-hydrogen) atoms. The Labute approximate surface area is 175 Å². The first-order chi connectivity index (χ1) is 13.4. The van der Waals surface area contributed by atoms with Gasteiger partial charge < -0.3 is 14.5 Å². The summed E-state index contributed by atoms with van der Waals surface area (Å²) < 4.78 is 36.0. The molecule has 2 rings (SSSR count). The average Bonchev–Trinajstić information content (AvgIpc) is 3.10. The summed E-state index contributed by atoms with van der Waals surface area (Å²) in [4.78, 5) is 12.2. The Balaban J connectivity index is 2.22. The average molecular weight is 444 g/mol. The van der Waals surface area contributed by atoms with Gasteiger partial charge in [-0.25, -0.2) is 13.2 Å². The number of sulfone groups is 1. The van der Waals surface area contributed by atoms with Gasteiger partial charge in [-0.3, -0.25) is 0 Å². The molecule has 1 aromatic heterocycles. The highest BCUT2D eigenvalue weighted by Crippen LogP contribution is 2.26. The maximum Gasteiger partial charge on any atom is 0.408 e. The normalized spacial score (nSPS) is 14.3. The van der Waals surface area contributed by atoms with Gasteiger partial charge in [-0.05, 0) is 44.4 Å². The molecule has 1 amide bonds. The monoisotopic (exact) mass is 443 g/mol. The lowest BCUT2D eigenvalue weighted by molar-refractivity contribution is 0.0473. The number of hydrogen-bond acceptors (Lipinski definition) is 7. The van der Waals surface area contributed by atoms with E-state index in [2.05, 4.69) is 15.5 Å². The minimum Gasteiger partial charge on any atom is -0.444 e. The smallest absolute Gasteiger partial charge is 0.408 e. The van der Waals surface area contributed by atoms with E-state index in [-0.39, 0.29) is 17.6 Å². The van der Waals surface area contributed by atoms with Crippen LogP contribution in [0.15, 0.2) is 33.9 Å². The number of aromatic nitrogens is 2. The van der Waals surface area contributed by atoms with Crippen molar-refractivity contribution < 1.29 is 22.4 Å². The van der Waals surface area contributed by atoms with Crippen LogP contribution in [0.2, 0.25) is 5.02 Å². The van der Waals surface area contributed by atoms with Gasteiger partial charge in [-0.15, -0.1) is 5.10 Å². The zero-order valence-corrected chi connectivity index (χ0v) is 18.7. The fraction of sp³-hybridized carbons (Fsp3) is 0.526. The van der Waals surface area contributed by atoms with Crippen molar-refractivity contribution in [2.24, 2.45) is 5.92 Å². The van der Waals surface area contributed by atoms with Gasteiger partial charge in [0, 0.05) is 5.02 Å². The standard InChI is InChI=1S/C19H26ClN3O5S/c1-6-12(2)15(21-17(24)28-19(3,4)5)16-22-23-18(27-16)29(25,26)11-13-7-9-14(20)10-8-13/h7-10,12,15H,6,11H2,1-5H3,(H,21,24). The SMILES string of the molecule is CCC(C)C(NC(=O)OC(C)(C)C)c1nnc(S(=O)(=O)Cc2ccc(Cl)cc2)o1. The molecule has 10 heteroatoms. The molecule has 0 aliphatic rings. The number of nitrogens with zero attached hydrogens (tertiary/aromatic N) is 2. The molecule has 1 heterocycles. The van der Waals surface area contributed by atoms with Crippen molar-refractivity contribution in [3.63, 3.8) is 0 Å². The quantitative estimate of drug-likeness (QED) is 0.678. The largest absolute Gasteiger partial charge is 0.444 e. The first-order valence-corrected chi connectivity index (χ1v) is 11.2. The number of amides is 1. The molecule has 1 aromatic carbocycles. The van der Waals surface area contributed by atoms with Crippen LogP contribution in [0.5, 0.6) is 0 Å². The van der Waals surface area contributed by atoms with E-state index in [4.69, 9.17) is 20.8 Å². The molecular weight excluding hydrogens is 418 g/mol. The minimum absolute atomic E-state index is 0.0138. The molecule has 160 valence electrons. The summed E-state index contributed by atoms with van der Waals surface area (Å²) in [6.45, 7) is 9.06. The fourth-order valence-electron chi connectivity index (χ4n) is 2.45. The number of nitrogens with one attached hydrogen (secondary N) is 1. The Morgan fingerprint density at radius 3 is 2.41 bits per heavy atom. The topological polar surface area (TPSA) is 111 Å². The fourth-order valence-corrected chi connectivity index (χ4v) is 3.71. The van der Waals surface area contributed by atoms with E-state index < -0.39 is 32.8 Å². The second kappa shape index (κ2) is 9.13. The lowest BCUT2D eigenvalue weighted by Crippen LogP contribution is -2.37. The van der Waals surface area contributed by atoms with Gasteiger partial charge in [-0.1, -0.05) is 49.1 Å². The second-order valence-electron chi connectivity index (χ2n) is 7.80. The molecule has 0 fully saturated rings. The number of hydrogen-bond donors (Lipinski definition) is 1. The van der Waals surface area contributed by atoms with Crippen molar-refractivity contribution in [1.29, 1.82) is 0 Å². The van der Waals surface area contributed by atoms with Crippen molar-refractivity contribution in [2.75, 3.05) is 0 Å². The molecule has 1 N–H and O–H groups in total. The Hall–Kier alpha value is -2.13. The Morgan fingerprint density at radius 2 is 1.86 bits per heavy atom. The summed E-state index contributed by atoms with van der Waals surface area (Å²) >= 11 is 5.83. The maximum atomic E-state index is 12.6. The van der Waals surface area contributed by atoms with Crippen LogP contribution >= 0.6 is 11.6 Å². The highest BCUT2D eigenvalue weighted by Gasteiger charge is 2.31. The van der Waals surface area contributed by atoms with Gasteiger partial charge in [0.25, 0.3) is 0 Å². The lowest BCUT2D eigenvalue weighted by atomic mass is 9.99. The Bertz CT molecular complexity index is 935. The van der Waals surface area contributed by atoms with Crippen LogP contribution in [-0.2, 0) is 20.3 Å². The van der Waals surface area contributed by atoms with Gasteiger partial charge in [-0.2, -0.15) is 0 Å². The summed E-state index contributed by atoms with van der Waals surface area (Å²) in [5.74, 6) is -0.381. The number of carbonyl (C=O) groups excluding carboxylic acids is 1. The molecule has 0 saturated heterocycles. The molecule has 0 bridgehead atoms. The highest BCUT2D eigenvalue weighted by molar-refractivity contribution is 7.90. The van der Waals surface area contributed by atoms with Crippen molar-refractivity contribution in [2.45, 2.75) is 63.7 Å². The van der Waals surface area contributed by atoms with E-state index in [1.807, 2.05) is 13.8 Å². The summed E-state index contributed by atoms with van der Waals surface area (Å²) in [5.41, 5.74) is -0.133. The Kier molecular flexibility index (Phi) is 7.29. The maximum absolute atomic E-state index is 12.6. The third-order valence-electron chi connectivity index (χ3n) is 4.11. The minimum atomic E-state index is -3.86. The summed E-state index contributed by atoms with van der Waals surface area (Å²) in [6, 6.07) is 5.76. The van der Waals surface area contributed by atoms with Crippen LogP contribution in [0.4, 0.5) is 4.79 Å². The van der Waals surface area contributed by atoms with Gasteiger partial charge in [0.2, 0.25) is 15.7 Å². The predicted octanol–water partition coefficient (Wildman–Crippen LogP) is 4.31. The molecule has 0 aliphatic heterocycles. The summed E-state index contributed by atoms with van der Waals surface area (Å²) in [6.07, 6.45) is 0.0435. The van der Waals surface area contributed by atoms with E-state index in [0.29, 0.717) is 17.0 Å². The molecular formula is C19H26ClN3O5S. The molecule has 8 nitrogen and oxygen atoms in total. The molecule has 2 atom stereocenters. The molecule has 0 radical (unpaired) electrons. The molecule has 2 aromatic rings.